The Morgan fingerprint density at radius 1 is 0.744 bits per heavy atom. The summed E-state index contributed by atoms with van der Waals surface area (Å²) in [7, 11) is 0. The molecule has 0 spiro atoms. The van der Waals surface area contributed by atoms with Crippen LogP contribution in [0.25, 0.3) is 41.1 Å². The van der Waals surface area contributed by atoms with Gasteiger partial charge in [-0.1, -0.05) is 13.8 Å². The zero-order valence-corrected chi connectivity index (χ0v) is 33.3. The van der Waals surface area contributed by atoms with Gasteiger partial charge in [0.15, 0.2) is 0 Å². The van der Waals surface area contributed by atoms with Crippen LogP contribution in [0.1, 0.15) is 80.3 Å². The number of rotatable bonds is 14. The van der Waals surface area contributed by atoms with Gasteiger partial charge in [-0.3, -0.25) is 0 Å². The average Bonchev–Trinajstić information content (AvgIpc) is 3.78. The van der Waals surface area contributed by atoms with Crippen LogP contribution in [0.4, 0.5) is 0 Å². The molecule has 0 nitrogen and oxygen atoms in total. The van der Waals surface area contributed by atoms with Crippen LogP contribution in [0.5, 0.6) is 0 Å². The van der Waals surface area contributed by atoms with Gasteiger partial charge in [-0.2, -0.15) is 0 Å². The van der Waals surface area contributed by atoms with Gasteiger partial charge in [-0.05, 0) is 0 Å². The number of hydrogen-bond donors (Lipinski definition) is 0. The van der Waals surface area contributed by atoms with Crippen molar-refractivity contribution in [3.8, 4) is 33.2 Å². The van der Waals surface area contributed by atoms with Crippen molar-refractivity contribution in [2.24, 2.45) is 11.8 Å². The number of benzene rings is 1. The molecule has 2 atom stereocenters. The average molecular weight is 752 g/mol. The molecule has 0 bridgehead atoms. The molecule has 0 radical (unpaired) electrons. The molecule has 0 saturated carbocycles. The first-order valence-electron chi connectivity index (χ1n) is 16.3. The van der Waals surface area contributed by atoms with Gasteiger partial charge in [0.1, 0.15) is 0 Å². The van der Waals surface area contributed by atoms with E-state index in [4.69, 9.17) is 6.42 Å². The van der Waals surface area contributed by atoms with Gasteiger partial charge in [-0.15, -0.1) is 0 Å². The molecule has 5 aromatic rings. The Labute approximate surface area is 280 Å². The third-order valence-corrected chi connectivity index (χ3v) is 22.7. The fraction of sp³-hybridized carbons (Fsp3) is 0.474. The van der Waals surface area contributed by atoms with Crippen LogP contribution in [-0.4, -0.2) is 18.4 Å². The van der Waals surface area contributed by atoms with Crippen LogP contribution in [0.2, 0.25) is 14.8 Å². The van der Waals surface area contributed by atoms with Crippen LogP contribution in [0, 0.1) is 31.1 Å². The second-order valence-electron chi connectivity index (χ2n) is 13.3. The molecule has 4 aromatic heterocycles. The third kappa shape index (κ3) is 7.49. The van der Waals surface area contributed by atoms with Gasteiger partial charge in [0, 0.05) is 0 Å². The molecule has 0 aliphatic rings. The molecule has 0 aliphatic carbocycles. The number of hydrogen-bond acceptors (Lipinski definition) is 4. The minimum atomic E-state index is -2.31. The summed E-state index contributed by atoms with van der Waals surface area (Å²) in [5.74, 6) is 4.22. The monoisotopic (exact) mass is 752 g/mol. The van der Waals surface area contributed by atoms with Gasteiger partial charge in [-0.25, -0.2) is 0 Å². The van der Waals surface area contributed by atoms with Gasteiger partial charge >= 0.3 is 269 Å². The fourth-order valence-electron chi connectivity index (χ4n) is 6.16. The summed E-state index contributed by atoms with van der Waals surface area (Å²) in [6.07, 6.45) is 17.0. The number of terminal acetylenes is 1. The Hall–Kier alpha value is -1.10. The van der Waals surface area contributed by atoms with E-state index in [0.717, 1.165) is 18.8 Å². The molecule has 0 N–H and O–H groups in total. The first-order valence-corrected chi connectivity index (χ1v) is 29.6. The zero-order valence-electron chi connectivity index (χ0n) is 27.2. The van der Waals surface area contributed by atoms with Gasteiger partial charge < -0.3 is 0 Å². The molecule has 2 unspecified atom stereocenters. The predicted molar refractivity (Wildman–Crippen MR) is 204 cm³/mol. The van der Waals surface area contributed by atoms with Crippen molar-refractivity contribution in [2.45, 2.75) is 100 Å². The van der Waals surface area contributed by atoms with E-state index in [9.17, 15) is 0 Å². The molecule has 0 saturated heterocycles. The van der Waals surface area contributed by atoms with E-state index in [0.29, 0.717) is 5.92 Å². The van der Waals surface area contributed by atoms with E-state index >= 15 is 0 Å². The van der Waals surface area contributed by atoms with Crippen LogP contribution in [0.15, 0.2) is 36.4 Å². The quantitative estimate of drug-likeness (QED) is 0.0783. The molecule has 4 heterocycles. The summed E-state index contributed by atoms with van der Waals surface area (Å²) in [6, 6.07) is 14.7. The van der Waals surface area contributed by atoms with Crippen LogP contribution >= 0.6 is 45.3 Å². The molecule has 5 heteroatoms. The number of fused-ring (bicyclic) bond motifs is 2. The summed E-state index contributed by atoms with van der Waals surface area (Å²) >= 11 is 5.81. The van der Waals surface area contributed by atoms with Gasteiger partial charge in [0.05, 0.1) is 0 Å². The summed E-state index contributed by atoms with van der Waals surface area (Å²) < 4.78 is 4.64. The Morgan fingerprint density at radius 2 is 1.33 bits per heavy atom. The third-order valence-electron chi connectivity index (χ3n) is 8.76. The zero-order chi connectivity index (χ0) is 30.7. The van der Waals surface area contributed by atoms with Gasteiger partial charge in [0.2, 0.25) is 0 Å². The van der Waals surface area contributed by atoms with Crippen molar-refractivity contribution in [3.05, 3.63) is 51.0 Å². The van der Waals surface area contributed by atoms with Crippen molar-refractivity contribution in [2.75, 3.05) is 0 Å². The Morgan fingerprint density at radius 3 is 1.91 bits per heavy atom. The Balaban J connectivity index is 1.65. The van der Waals surface area contributed by atoms with E-state index in [2.05, 4.69) is 108 Å². The fourth-order valence-corrected chi connectivity index (χ4v) is 16.2. The maximum absolute atomic E-state index is 5.97. The van der Waals surface area contributed by atoms with Crippen molar-refractivity contribution in [1.29, 1.82) is 0 Å². The normalized spacial score (nSPS) is 13.6. The first-order chi connectivity index (χ1) is 20.7. The predicted octanol–water partition coefficient (Wildman–Crippen LogP) is 13.2. The second-order valence-corrected chi connectivity index (χ2v) is 33.4. The topological polar surface area (TPSA) is 0 Å². The SMILES string of the molecule is C#CC(CCCC)Cc1ccc(-c2c3cc(C)sc3c(-c3ccc(CC(CC)CCCC)s3)c3c[c]([Sn]([CH3])([CH3])[CH3])sc23)s1. The molecule has 228 valence electrons. The molecule has 5 rings (SSSR count). The molecular weight excluding hydrogens is 703 g/mol. The summed E-state index contributed by atoms with van der Waals surface area (Å²) in [5.41, 5.74) is 2.96. The van der Waals surface area contributed by atoms with E-state index < -0.39 is 18.4 Å². The molecule has 1 aromatic carbocycles. The summed E-state index contributed by atoms with van der Waals surface area (Å²) in [5, 5.41) is 2.93. The molecule has 0 aliphatic heterocycles. The maximum atomic E-state index is 5.97. The molecular formula is C38H48S4Sn. The van der Waals surface area contributed by atoms with Gasteiger partial charge in [0.25, 0.3) is 0 Å². The standard InChI is InChI=1S/C35H39S4.3CH3.Sn/c1-6-10-12-24(8-3)21-26-14-16-30(38-26)32-28-18-19-36-34(28)33(29-20-23(5)37-35(29)32)31-17-15-27(39-31)22-25(9-4)13-11-7-2;;;;/h4,14-18,20,24-25H,6-8,10-13,21-22H2,1-3,5H3;3*1H3;. The Bertz CT molecular complexity index is 1710. The summed E-state index contributed by atoms with van der Waals surface area (Å²) in [6.45, 7) is 9.22. The van der Waals surface area contributed by atoms with E-state index in [1.807, 2.05) is 22.7 Å². The molecule has 0 amide bonds. The molecule has 43 heavy (non-hydrogen) atoms. The van der Waals surface area contributed by atoms with Crippen LogP contribution in [-0.2, 0) is 12.8 Å². The van der Waals surface area contributed by atoms with Crippen molar-refractivity contribution in [1.82, 2.24) is 0 Å². The second kappa shape index (κ2) is 14.5. The summed E-state index contributed by atoms with van der Waals surface area (Å²) in [4.78, 5) is 14.9. The van der Waals surface area contributed by atoms with Crippen LogP contribution in [0.3, 0.4) is 0 Å². The van der Waals surface area contributed by atoms with E-state index in [1.54, 1.807) is 7.77 Å². The van der Waals surface area contributed by atoms with E-state index in [-0.39, 0.29) is 0 Å². The van der Waals surface area contributed by atoms with Crippen LogP contribution < -0.4 is 2.89 Å². The first kappa shape index (κ1) is 33.3. The number of aryl methyl sites for hydroxylation is 1. The van der Waals surface area contributed by atoms with Crippen molar-refractivity contribution in [3.63, 3.8) is 0 Å². The number of thiophene rings is 4. The van der Waals surface area contributed by atoms with E-state index in [1.165, 1.54) is 95.8 Å². The number of unbranched alkanes of at least 4 members (excludes halogenated alkanes) is 2. The molecule has 0 fully saturated rings. The minimum absolute atomic E-state index is 0.336. The Kier molecular flexibility index (Phi) is 11.3. The van der Waals surface area contributed by atoms with Crippen molar-refractivity contribution >= 4 is 86.8 Å². The van der Waals surface area contributed by atoms with Crippen molar-refractivity contribution < 1.29 is 0 Å².